The monoisotopic (exact) mass is 372 g/mol. The van der Waals surface area contributed by atoms with Crippen molar-refractivity contribution in [1.29, 1.82) is 0 Å². The molecule has 24 heavy (non-hydrogen) atoms. The average molecular weight is 373 g/mol. The molecule has 1 unspecified atom stereocenters. The number of halogens is 2. The van der Waals surface area contributed by atoms with Crippen LogP contribution in [0.5, 0.6) is 0 Å². The molecule has 6 heteroatoms. The van der Waals surface area contributed by atoms with Crippen molar-refractivity contribution in [3.63, 3.8) is 0 Å². The highest BCUT2D eigenvalue weighted by molar-refractivity contribution is 6.31. The third-order valence-corrected chi connectivity index (χ3v) is 5.69. The number of hydrogen-bond donors (Lipinski definition) is 3. The topological polar surface area (TPSA) is 61.4 Å². The van der Waals surface area contributed by atoms with E-state index < -0.39 is 0 Å². The number of rotatable bonds is 4. The summed E-state index contributed by atoms with van der Waals surface area (Å²) in [5.74, 6) is 0.853. The van der Waals surface area contributed by atoms with Crippen molar-refractivity contribution in [3.05, 3.63) is 34.3 Å². The van der Waals surface area contributed by atoms with E-state index in [0.29, 0.717) is 22.4 Å². The number of aliphatic hydroxyl groups is 1. The van der Waals surface area contributed by atoms with Crippen molar-refractivity contribution >= 4 is 29.9 Å². The molecule has 134 valence electrons. The molecule has 0 bridgehead atoms. The molecule has 1 aromatic rings. The van der Waals surface area contributed by atoms with Crippen molar-refractivity contribution in [1.82, 2.24) is 10.6 Å². The van der Waals surface area contributed by atoms with Crippen molar-refractivity contribution in [2.75, 3.05) is 13.1 Å². The number of aryl methyl sites for hydroxylation is 1. The molecule has 0 aromatic heterocycles. The number of nitrogens with one attached hydrogen (secondary N) is 2. The van der Waals surface area contributed by atoms with Crippen LogP contribution in [0.1, 0.15) is 41.6 Å². The minimum absolute atomic E-state index is 0. The molecule has 1 atom stereocenters. The fourth-order valence-electron chi connectivity index (χ4n) is 3.77. The quantitative estimate of drug-likeness (QED) is 0.761. The zero-order chi connectivity index (χ0) is 16.4. The number of piperidine rings is 1. The molecule has 1 amide bonds. The molecule has 3 N–H and O–H groups in total. The maximum Gasteiger partial charge on any atom is 0.251 e. The molecular weight excluding hydrogens is 347 g/mol. The lowest BCUT2D eigenvalue weighted by atomic mass is 9.71. The summed E-state index contributed by atoms with van der Waals surface area (Å²) in [6, 6.07) is 5.55. The zero-order valence-corrected chi connectivity index (χ0v) is 15.5. The molecule has 2 fully saturated rings. The minimum Gasteiger partial charge on any atom is -0.393 e. The van der Waals surface area contributed by atoms with E-state index in [2.05, 4.69) is 10.6 Å². The molecule has 3 rings (SSSR count). The number of amides is 1. The van der Waals surface area contributed by atoms with Crippen LogP contribution < -0.4 is 10.6 Å². The van der Waals surface area contributed by atoms with Gasteiger partial charge in [-0.2, -0.15) is 0 Å². The first-order valence-corrected chi connectivity index (χ1v) is 8.88. The fraction of sp³-hybridized carbons (Fsp3) is 0.611. The van der Waals surface area contributed by atoms with Crippen LogP contribution in [-0.4, -0.2) is 36.2 Å². The normalized spacial score (nSPS) is 25.3. The van der Waals surface area contributed by atoms with Gasteiger partial charge in [0.25, 0.3) is 5.91 Å². The van der Waals surface area contributed by atoms with Gasteiger partial charge in [0.1, 0.15) is 0 Å². The predicted octanol–water partition coefficient (Wildman–Crippen LogP) is 2.94. The van der Waals surface area contributed by atoms with Gasteiger partial charge in [-0.3, -0.25) is 4.79 Å². The Kier molecular flexibility index (Phi) is 6.93. The second kappa shape index (κ2) is 8.52. The van der Waals surface area contributed by atoms with Crippen molar-refractivity contribution in [3.8, 4) is 0 Å². The molecule has 1 aliphatic heterocycles. The Labute approximate surface area is 154 Å². The van der Waals surface area contributed by atoms with Crippen molar-refractivity contribution in [2.24, 2.45) is 11.8 Å². The van der Waals surface area contributed by atoms with Crippen LogP contribution in [0.3, 0.4) is 0 Å². The maximum absolute atomic E-state index is 12.7. The van der Waals surface area contributed by atoms with Gasteiger partial charge >= 0.3 is 0 Å². The van der Waals surface area contributed by atoms with Crippen molar-refractivity contribution < 1.29 is 9.90 Å². The number of hydrogen-bond acceptors (Lipinski definition) is 3. The lowest BCUT2D eigenvalue weighted by Gasteiger charge is -2.43. The van der Waals surface area contributed by atoms with Gasteiger partial charge in [-0.25, -0.2) is 0 Å². The van der Waals surface area contributed by atoms with E-state index in [-0.39, 0.29) is 30.5 Å². The number of aliphatic hydroxyl groups excluding tert-OH is 1. The second-order valence-corrected chi connectivity index (χ2v) is 7.34. The second-order valence-electron chi connectivity index (χ2n) is 6.94. The minimum atomic E-state index is -0.195. The summed E-state index contributed by atoms with van der Waals surface area (Å²) in [4.78, 5) is 12.7. The Bertz CT molecular complexity index is 570. The summed E-state index contributed by atoms with van der Waals surface area (Å²) in [5.41, 5.74) is 1.57. The summed E-state index contributed by atoms with van der Waals surface area (Å²) in [6.07, 6.45) is 3.57. The smallest absolute Gasteiger partial charge is 0.251 e. The number of benzene rings is 1. The van der Waals surface area contributed by atoms with Gasteiger partial charge < -0.3 is 15.7 Å². The fourth-order valence-corrected chi connectivity index (χ4v) is 3.89. The van der Waals surface area contributed by atoms with Crippen molar-refractivity contribution in [2.45, 2.75) is 44.8 Å². The SMILES string of the molecule is Cc1cc(C(=O)NC(C2CCNCC2)C2CC(O)C2)ccc1Cl.Cl. The molecule has 0 spiro atoms. The number of carbonyl (C=O) groups excluding carboxylic acids is 1. The molecule has 0 radical (unpaired) electrons. The Hall–Kier alpha value is -0.810. The number of carbonyl (C=O) groups is 1. The highest BCUT2D eigenvalue weighted by atomic mass is 35.5. The van der Waals surface area contributed by atoms with Crippen LogP contribution in [0.2, 0.25) is 5.02 Å². The summed E-state index contributed by atoms with van der Waals surface area (Å²) in [6.45, 7) is 3.92. The van der Waals surface area contributed by atoms with Crippen LogP contribution >= 0.6 is 24.0 Å². The van der Waals surface area contributed by atoms with E-state index in [1.807, 2.05) is 13.0 Å². The Balaban J connectivity index is 0.00000208. The van der Waals surface area contributed by atoms with E-state index in [9.17, 15) is 9.90 Å². The van der Waals surface area contributed by atoms with Crippen LogP contribution in [0.4, 0.5) is 0 Å². The molecule has 1 saturated heterocycles. The van der Waals surface area contributed by atoms with Crippen LogP contribution in [0.25, 0.3) is 0 Å². The molecule has 1 aliphatic carbocycles. The Morgan fingerprint density at radius 3 is 2.54 bits per heavy atom. The first kappa shape index (κ1) is 19.5. The first-order valence-electron chi connectivity index (χ1n) is 8.50. The largest absolute Gasteiger partial charge is 0.393 e. The Morgan fingerprint density at radius 2 is 1.96 bits per heavy atom. The average Bonchev–Trinajstić information content (AvgIpc) is 2.53. The van der Waals surface area contributed by atoms with E-state index in [4.69, 9.17) is 11.6 Å². The lowest BCUT2D eigenvalue weighted by Crippen LogP contribution is -2.52. The van der Waals surface area contributed by atoms with Crippen LogP contribution in [0.15, 0.2) is 18.2 Å². The molecule has 1 heterocycles. The van der Waals surface area contributed by atoms with E-state index in [0.717, 1.165) is 44.3 Å². The lowest BCUT2D eigenvalue weighted by molar-refractivity contribution is 0.00919. The zero-order valence-electron chi connectivity index (χ0n) is 13.9. The predicted molar refractivity (Wildman–Crippen MR) is 99.0 cm³/mol. The Morgan fingerprint density at radius 1 is 1.29 bits per heavy atom. The van der Waals surface area contributed by atoms with Gasteiger partial charge in [0.15, 0.2) is 0 Å². The van der Waals surface area contributed by atoms with Gasteiger partial charge in [-0.05, 0) is 81.3 Å². The molecule has 2 aliphatic rings. The van der Waals surface area contributed by atoms with E-state index in [1.54, 1.807) is 12.1 Å². The molecule has 4 nitrogen and oxygen atoms in total. The standard InChI is InChI=1S/C18H25ClN2O2.ClH/c1-11-8-13(2-3-16(11)19)18(23)21-17(14-9-15(22)10-14)12-4-6-20-7-5-12;/h2-3,8,12,14-15,17,20,22H,4-7,9-10H2,1H3,(H,21,23);1H. The van der Waals surface area contributed by atoms with Gasteiger partial charge in [0, 0.05) is 16.6 Å². The van der Waals surface area contributed by atoms with E-state index in [1.165, 1.54) is 0 Å². The first-order chi connectivity index (χ1) is 11.0. The van der Waals surface area contributed by atoms with E-state index >= 15 is 0 Å². The van der Waals surface area contributed by atoms with Crippen LogP contribution in [-0.2, 0) is 0 Å². The summed E-state index contributed by atoms with van der Waals surface area (Å²) in [5, 5.41) is 16.9. The highest BCUT2D eigenvalue weighted by Gasteiger charge is 2.39. The van der Waals surface area contributed by atoms with Gasteiger partial charge in [0.05, 0.1) is 6.10 Å². The summed E-state index contributed by atoms with van der Waals surface area (Å²) < 4.78 is 0. The van der Waals surface area contributed by atoms with Crippen LogP contribution in [0, 0.1) is 18.8 Å². The maximum atomic E-state index is 12.7. The highest BCUT2D eigenvalue weighted by Crippen LogP contribution is 2.36. The van der Waals surface area contributed by atoms with Gasteiger partial charge in [0.2, 0.25) is 0 Å². The molecular formula is C18H26Cl2N2O2. The van der Waals surface area contributed by atoms with Gasteiger partial charge in [-0.1, -0.05) is 11.6 Å². The third-order valence-electron chi connectivity index (χ3n) is 5.27. The molecule has 1 saturated carbocycles. The molecule has 1 aromatic carbocycles. The van der Waals surface area contributed by atoms with Gasteiger partial charge in [-0.15, -0.1) is 12.4 Å². The summed E-state index contributed by atoms with van der Waals surface area (Å²) >= 11 is 6.04. The third kappa shape index (κ3) is 4.42. The summed E-state index contributed by atoms with van der Waals surface area (Å²) in [7, 11) is 0.